The molecule has 0 aromatic heterocycles. The number of aryl methyl sites for hydroxylation is 2. The van der Waals surface area contributed by atoms with E-state index in [1.54, 1.807) is 25.1 Å². The van der Waals surface area contributed by atoms with Crippen molar-refractivity contribution in [2.45, 2.75) is 59.7 Å². The number of para-hydroxylation sites is 1. The minimum absolute atomic E-state index is 0.0811. The van der Waals surface area contributed by atoms with E-state index in [1.807, 2.05) is 58.0 Å². The maximum absolute atomic E-state index is 13.6. The first kappa shape index (κ1) is 26.4. The number of carbonyl (C=O) groups is 2. The number of anilines is 1. The molecular formula is C25H35N3O4S. The van der Waals surface area contributed by atoms with E-state index in [-0.39, 0.29) is 25.0 Å². The summed E-state index contributed by atoms with van der Waals surface area (Å²) in [4.78, 5) is 28.0. The van der Waals surface area contributed by atoms with Gasteiger partial charge in [-0.25, -0.2) is 8.42 Å². The van der Waals surface area contributed by atoms with Crippen LogP contribution in [0.3, 0.4) is 0 Å². The molecule has 0 saturated carbocycles. The second kappa shape index (κ2) is 11.3. The average Bonchev–Trinajstić information content (AvgIpc) is 2.72. The highest BCUT2D eigenvalue weighted by molar-refractivity contribution is 7.92. The molecule has 0 aliphatic carbocycles. The van der Waals surface area contributed by atoms with E-state index in [2.05, 4.69) is 5.32 Å². The van der Waals surface area contributed by atoms with E-state index in [4.69, 9.17) is 0 Å². The van der Waals surface area contributed by atoms with Crippen molar-refractivity contribution in [2.75, 3.05) is 17.1 Å². The van der Waals surface area contributed by atoms with Crippen molar-refractivity contribution in [1.29, 1.82) is 0 Å². The van der Waals surface area contributed by atoms with Gasteiger partial charge in [-0.1, -0.05) is 55.0 Å². The van der Waals surface area contributed by atoms with Crippen LogP contribution in [0.4, 0.5) is 5.69 Å². The van der Waals surface area contributed by atoms with Crippen LogP contribution in [-0.4, -0.2) is 50.0 Å². The summed E-state index contributed by atoms with van der Waals surface area (Å²) >= 11 is 0. The lowest BCUT2D eigenvalue weighted by atomic mass is 10.1. The van der Waals surface area contributed by atoms with Crippen LogP contribution >= 0.6 is 0 Å². The molecule has 1 N–H and O–H groups in total. The molecule has 0 unspecified atom stereocenters. The van der Waals surface area contributed by atoms with Gasteiger partial charge in [0.1, 0.15) is 12.6 Å². The number of rotatable bonds is 10. The third-order valence-electron chi connectivity index (χ3n) is 5.35. The highest BCUT2D eigenvalue weighted by Crippen LogP contribution is 2.23. The zero-order chi connectivity index (χ0) is 24.8. The molecule has 180 valence electrons. The maximum atomic E-state index is 13.6. The number of hydrogen-bond acceptors (Lipinski definition) is 4. The van der Waals surface area contributed by atoms with Crippen LogP contribution in [0, 0.1) is 13.8 Å². The maximum Gasteiger partial charge on any atom is 0.244 e. The van der Waals surface area contributed by atoms with E-state index in [0.717, 1.165) is 27.3 Å². The van der Waals surface area contributed by atoms with Gasteiger partial charge in [0.2, 0.25) is 21.8 Å². The average molecular weight is 474 g/mol. The standard InChI is InChI=1S/C25H35N3O4S/c1-7-22(25(30)26-18(2)3)27(16-21-14-12-19(4)13-15-21)24(29)17-28(33(6,31)32)23-11-9-8-10-20(23)5/h8-15,18,22H,7,16-17H2,1-6H3,(H,26,30)/t22-/m1/s1. The molecule has 2 rings (SSSR count). The number of carbonyl (C=O) groups excluding carboxylic acids is 2. The molecule has 2 aromatic carbocycles. The van der Waals surface area contributed by atoms with Gasteiger partial charge >= 0.3 is 0 Å². The first-order valence-electron chi connectivity index (χ1n) is 11.1. The van der Waals surface area contributed by atoms with Crippen molar-refractivity contribution >= 4 is 27.5 Å². The lowest BCUT2D eigenvalue weighted by Gasteiger charge is -2.33. The summed E-state index contributed by atoms with van der Waals surface area (Å²) in [6.45, 7) is 9.16. The van der Waals surface area contributed by atoms with E-state index < -0.39 is 22.0 Å². The molecule has 0 bridgehead atoms. The first-order valence-corrected chi connectivity index (χ1v) is 13.0. The molecule has 0 spiro atoms. The molecule has 33 heavy (non-hydrogen) atoms. The predicted molar refractivity (Wildman–Crippen MR) is 132 cm³/mol. The molecule has 0 fully saturated rings. The van der Waals surface area contributed by atoms with Crippen LogP contribution < -0.4 is 9.62 Å². The number of benzene rings is 2. The summed E-state index contributed by atoms with van der Waals surface area (Å²) in [7, 11) is -3.73. The molecule has 8 heteroatoms. The second-order valence-corrected chi connectivity index (χ2v) is 10.6. The van der Waals surface area contributed by atoms with Gasteiger partial charge in [0.15, 0.2) is 0 Å². The number of amides is 2. The number of sulfonamides is 1. The van der Waals surface area contributed by atoms with Crippen molar-refractivity contribution in [3.8, 4) is 0 Å². The number of hydrogen-bond donors (Lipinski definition) is 1. The Labute approximate surface area is 197 Å². The normalized spacial score (nSPS) is 12.3. The summed E-state index contributed by atoms with van der Waals surface area (Å²) in [6, 6.07) is 13.9. The van der Waals surface area contributed by atoms with Crippen molar-refractivity contribution in [3.05, 3.63) is 65.2 Å². The molecule has 1 atom stereocenters. The van der Waals surface area contributed by atoms with Crippen LogP contribution in [-0.2, 0) is 26.2 Å². The SMILES string of the molecule is CC[C@H](C(=O)NC(C)C)N(Cc1ccc(C)cc1)C(=O)CN(c1ccccc1C)S(C)(=O)=O. The van der Waals surface area contributed by atoms with E-state index in [9.17, 15) is 18.0 Å². The van der Waals surface area contributed by atoms with Gasteiger partial charge in [0, 0.05) is 12.6 Å². The summed E-state index contributed by atoms with van der Waals surface area (Å²) in [5.41, 5.74) is 3.14. The zero-order valence-corrected chi connectivity index (χ0v) is 21.1. The van der Waals surface area contributed by atoms with Gasteiger partial charge < -0.3 is 10.2 Å². The van der Waals surface area contributed by atoms with Crippen molar-refractivity contribution in [1.82, 2.24) is 10.2 Å². The van der Waals surface area contributed by atoms with E-state index in [0.29, 0.717) is 12.1 Å². The fourth-order valence-corrected chi connectivity index (χ4v) is 4.54. The highest BCUT2D eigenvalue weighted by atomic mass is 32.2. The first-order chi connectivity index (χ1) is 15.4. The van der Waals surface area contributed by atoms with E-state index in [1.165, 1.54) is 4.90 Å². The summed E-state index contributed by atoms with van der Waals surface area (Å²) in [5.74, 6) is -0.690. The van der Waals surface area contributed by atoms with Gasteiger partial charge in [-0.2, -0.15) is 0 Å². The third-order valence-corrected chi connectivity index (χ3v) is 6.48. The topological polar surface area (TPSA) is 86.8 Å². The van der Waals surface area contributed by atoms with E-state index >= 15 is 0 Å². The summed E-state index contributed by atoms with van der Waals surface area (Å²) in [6.07, 6.45) is 1.49. The minimum atomic E-state index is -3.73. The Morgan fingerprint density at radius 2 is 1.61 bits per heavy atom. The van der Waals surface area contributed by atoms with Gasteiger partial charge in [-0.15, -0.1) is 0 Å². The van der Waals surface area contributed by atoms with Crippen LogP contribution in [0.1, 0.15) is 43.9 Å². The van der Waals surface area contributed by atoms with Crippen molar-refractivity contribution in [3.63, 3.8) is 0 Å². The largest absolute Gasteiger partial charge is 0.352 e. The summed E-state index contributed by atoms with van der Waals surface area (Å²) < 4.78 is 26.4. The second-order valence-electron chi connectivity index (χ2n) is 8.65. The Bertz CT molecular complexity index is 1070. The quantitative estimate of drug-likeness (QED) is 0.573. The van der Waals surface area contributed by atoms with Gasteiger partial charge in [-0.3, -0.25) is 13.9 Å². The molecule has 0 aliphatic rings. The van der Waals surface area contributed by atoms with Crippen LogP contribution in [0.15, 0.2) is 48.5 Å². The van der Waals surface area contributed by atoms with Gasteiger partial charge in [-0.05, 0) is 51.3 Å². The Kier molecular flexibility index (Phi) is 9.05. The molecule has 0 radical (unpaired) electrons. The Hall–Kier alpha value is -2.87. The zero-order valence-electron chi connectivity index (χ0n) is 20.3. The van der Waals surface area contributed by atoms with Crippen LogP contribution in [0.2, 0.25) is 0 Å². The Morgan fingerprint density at radius 3 is 2.12 bits per heavy atom. The minimum Gasteiger partial charge on any atom is -0.352 e. The fraction of sp³-hybridized carbons (Fsp3) is 0.440. The lowest BCUT2D eigenvalue weighted by molar-refractivity contribution is -0.140. The molecular weight excluding hydrogens is 438 g/mol. The van der Waals surface area contributed by atoms with Crippen molar-refractivity contribution in [2.24, 2.45) is 0 Å². The molecule has 0 saturated heterocycles. The highest BCUT2D eigenvalue weighted by Gasteiger charge is 2.32. The Balaban J connectivity index is 2.44. The molecule has 0 heterocycles. The number of nitrogens with zero attached hydrogens (tertiary/aromatic N) is 2. The van der Waals surface area contributed by atoms with Crippen LogP contribution in [0.25, 0.3) is 0 Å². The molecule has 0 aliphatic heterocycles. The monoisotopic (exact) mass is 473 g/mol. The fourth-order valence-electron chi connectivity index (χ4n) is 3.63. The van der Waals surface area contributed by atoms with Crippen molar-refractivity contribution < 1.29 is 18.0 Å². The summed E-state index contributed by atoms with van der Waals surface area (Å²) in [5, 5.41) is 2.88. The number of nitrogens with one attached hydrogen (secondary N) is 1. The molecule has 7 nitrogen and oxygen atoms in total. The van der Waals surface area contributed by atoms with Gasteiger partial charge in [0.05, 0.1) is 11.9 Å². The Morgan fingerprint density at radius 1 is 1.00 bits per heavy atom. The van der Waals surface area contributed by atoms with Gasteiger partial charge in [0.25, 0.3) is 0 Å². The smallest absolute Gasteiger partial charge is 0.244 e. The molecule has 2 amide bonds. The predicted octanol–water partition coefficient (Wildman–Crippen LogP) is 3.40. The lowest BCUT2D eigenvalue weighted by Crippen LogP contribution is -2.53. The third kappa shape index (κ3) is 7.32. The van der Waals surface area contributed by atoms with Crippen LogP contribution in [0.5, 0.6) is 0 Å². The molecule has 2 aromatic rings.